The van der Waals surface area contributed by atoms with Crippen LogP contribution >= 0.6 is 0 Å². The second-order valence-corrected chi connectivity index (χ2v) is 6.42. The lowest BCUT2D eigenvalue weighted by atomic mass is 10.2. The molecule has 0 bridgehead atoms. The molecule has 2 N–H and O–H groups in total. The van der Waals surface area contributed by atoms with Gasteiger partial charge < -0.3 is 15.2 Å². The Hall–Kier alpha value is -1.27. The van der Waals surface area contributed by atoms with Gasteiger partial charge in [0.05, 0.1) is 18.1 Å². The van der Waals surface area contributed by atoms with Crippen molar-refractivity contribution in [2.24, 2.45) is 0 Å². The first-order valence-corrected chi connectivity index (χ1v) is 8.01. The molecule has 5 nitrogen and oxygen atoms in total. The first kappa shape index (κ1) is 15.8. The molecule has 0 aromatic heterocycles. The van der Waals surface area contributed by atoms with E-state index in [1.165, 1.54) is 0 Å². The zero-order chi connectivity index (χ0) is 14.3. The van der Waals surface area contributed by atoms with Crippen molar-refractivity contribution in [3.05, 3.63) is 23.8 Å². The molecule has 0 saturated heterocycles. The maximum Gasteiger partial charge on any atom is 0.154 e. The smallest absolute Gasteiger partial charge is 0.154 e. The van der Waals surface area contributed by atoms with Crippen LogP contribution in [0.5, 0.6) is 5.75 Å². The van der Waals surface area contributed by atoms with Crippen LogP contribution in [0, 0.1) is 0 Å². The van der Waals surface area contributed by atoms with Gasteiger partial charge in [0.1, 0.15) is 5.75 Å². The number of benzene rings is 1. The van der Waals surface area contributed by atoms with E-state index in [1.54, 1.807) is 25.3 Å². The minimum atomic E-state index is -3.18. The van der Waals surface area contributed by atoms with Gasteiger partial charge in [-0.3, -0.25) is 0 Å². The van der Waals surface area contributed by atoms with Crippen molar-refractivity contribution in [3.8, 4) is 5.75 Å². The van der Waals surface area contributed by atoms with Crippen LogP contribution in [-0.4, -0.2) is 34.5 Å². The summed E-state index contributed by atoms with van der Waals surface area (Å²) >= 11 is 0. The maximum absolute atomic E-state index is 12.0. The van der Waals surface area contributed by atoms with Crippen LogP contribution in [-0.2, 0) is 20.3 Å². The third-order valence-electron chi connectivity index (χ3n) is 2.56. The third kappa shape index (κ3) is 5.48. The summed E-state index contributed by atoms with van der Waals surface area (Å²) in [5.41, 5.74) is 6.84. The average molecular weight is 287 g/mol. The summed E-state index contributed by atoms with van der Waals surface area (Å²) < 4.78 is 34.3. The number of anilines is 1. The molecule has 0 fully saturated rings. The Morgan fingerprint density at radius 3 is 2.68 bits per heavy atom. The van der Waals surface area contributed by atoms with E-state index in [2.05, 4.69) is 0 Å². The van der Waals surface area contributed by atoms with E-state index >= 15 is 0 Å². The molecule has 1 aromatic rings. The van der Waals surface area contributed by atoms with Crippen molar-refractivity contribution in [1.82, 2.24) is 0 Å². The number of ether oxygens (including phenoxy) is 2. The largest absolute Gasteiger partial charge is 0.494 e. The highest BCUT2D eigenvalue weighted by Crippen LogP contribution is 2.24. The molecule has 0 unspecified atom stereocenters. The summed E-state index contributed by atoms with van der Waals surface area (Å²) in [5.74, 6) is 0.616. The lowest BCUT2D eigenvalue weighted by Crippen LogP contribution is -2.12. The van der Waals surface area contributed by atoms with Gasteiger partial charge >= 0.3 is 0 Å². The van der Waals surface area contributed by atoms with Crippen molar-refractivity contribution in [2.45, 2.75) is 19.1 Å². The van der Waals surface area contributed by atoms with E-state index in [4.69, 9.17) is 15.2 Å². The summed E-state index contributed by atoms with van der Waals surface area (Å²) in [6.45, 7) is 2.78. The number of nitrogens with two attached hydrogens (primary N) is 1. The Labute approximate surface area is 114 Å². The van der Waals surface area contributed by atoms with Gasteiger partial charge in [-0.2, -0.15) is 0 Å². The lowest BCUT2D eigenvalue weighted by molar-refractivity contribution is 0.199. The van der Waals surface area contributed by atoms with Gasteiger partial charge in [0.25, 0.3) is 0 Å². The molecule has 0 saturated carbocycles. The molecule has 6 heteroatoms. The van der Waals surface area contributed by atoms with Crippen molar-refractivity contribution >= 4 is 15.5 Å². The molecule has 0 radical (unpaired) electrons. The Kier molecular flexibility index (Phi) is 6.11. The van der Waals surface area contributed by atoms with Crippen LogP contribution in [0.2, 0.25) is 0 Å². The number of hydrogen-bond donors (Lipinski definition) is 1. The normalized spacial score (nSPS) is 11.5. The van der Waals surface area contributed by atoms with Gasteiger partial charge in [0.2, 0.25) is 0 Å². The predicted octanol–water partition coefficient (Wildman–Crippen LogP) is 1.62. The van der Waals surface area contributed by atoms with E-state index in [0.717, 1.165) is 0 Å². The van der Waals surface area contributed by atoms with Gasteiger partial charge in [-0.1, -0.05) is 0 Å². The number of sulfone groups is 1. The topological polar surface area (TPSA) is 78.6 Å². The third-order valence-corrected chi connectivity index (χ3v) is 4.23. The molecule has 0 heterocycles. The quantitative estimate of drug-likeness (QED) is 0.580. The fraction of sp³-hybridized carbons (Fsp3) is 0.538. The van der Waals surface area contributed by atoms with Gasteiger partial charge in [0, 0.05) is 25.0 Å². The minimum Gasteiger partial charge on any atom is -0.494 e. The molecule has 19 heavy (non-hydrogen) atoms. The summed E-state index contributed by atoms with van der Waals surface area (Å²) in [7, 11) is -1.63. The minimum absolute atomic E-state index is 0.0584. The Bertz CT molecular complexity index is 499. The highest BCUT2D eigenvalue weighted by molar-refractivity contribution is 7.90. The fourth-order valence-corrected chi connectivity index (χ4v) is 3.14. The van der Waals surface area contributed by atoms with Gasteiger partial charge in [-0.15, -0.1) is 0 Å². The van der Waals surface area contributed by atoms with Crippen molar-refractivity contribution in [2.75, 3.05) is 31.8 Å². The number of rotatable bonds is 8. The standard InChI is InChI=1S/C13H21NO4S/c1-3-18-13-6-5-12(14)9-11(13)10-19(15,16)8-4-7-17-2/h5-6,9H,3-4,7-8,10,14H2,1-2H3. The summed E-state index contributed by atoms with van der Waals surface area (Å²) in [5, 5.41) is 0. The molecule has 0 aliphatic rings. The molecule has 1 aromatic carbocycles. The van der Waals surface area contributed by atoms with Crippen LogP contribution in [0.15, 0.2) is 18.2 Å². The van der Waals surface area contributed by atoms with Crippen molar-refractivity contribution < 1.29 is 17.9 Å². The lowest BCUT2D eigenvalue weighted by Gasteiger charge is -2.11. The SMILES string of the molecule is CCOc1ccc(N)cc1CS(=O)(=O)CCCOC. The van der Waals surface area contributed by atoms with Gasteiger partial charge in [0.15, 0.2) is 9.84 Å². The average Bonchev–Trinajstić information content (AvgIpc) is 2.32. The molecule has 108 valence electrons. The first-order valence-electron chi connectivity index (χ1n) is 6.19. The van der Waals surface area contributed by atoms with E-state index in [0.29, 0.717) is 36.6 Å². The number of hydrogen-bond acceptors (Lipinski definition) is 5. The van der Waals surface area contributed by atoms with E-state index in [9.17, 15) is 8.42 Å². The summed E-state index contributed by atoms with van der Waals surface area (Å²) in [4.78, 5) is 0. The highest BCUT2D eigenvalue weighted by Gasteiger charge is 2.15. The van der Waals surface area contributed by atoms with E-state index in [-0.39, 0.29) is 11.5 Å². The van der Waals surface area contributed by atoms with E-state index in [1.807, 2.05) is 6.92 Å². The molecule has 0 amide bonds. The first-order chi connectivity index (χ1) is 8.98. The fourth-order valence-electron chi connectivity index (χ4n) is 1.74. The molecular weight excluding hydrogens is 266 g/mol. The van der Waals surface area contributed by atoms with Gasteiger partial charge in [-0.25, -0.2) is 8.42 Å². The molecule has 0 atom stereocenters. The van der Waals surface area contributed by atoms with Crippen LogP contribution in [0.1, 0.15) is 18.9 Å². The van der Waals surface area contributed by atoms with Crippen LogP contribution in [0.4, 0.5) is 5.69 Å². The van der Waals surface area contributed by atoms with Crippen LogP contribution in [0.3, 0.4) is 0 Å². The zero-order valence-electron chi connectivity index (χ0n) is 11.4. The Morgan fingerprint density at radius 2 is 2.05 bits per heavy atom. The molecular formula is C13H21NO4S. The molecule has 0 spiro atoms. The van der Waals surface area contributed by atoms with E-state index < -0.39 is 9.84 Å². The Morgan fingerprint density at radius 1 is 1.32 bits per heavy atom. The molecule has 1 rings (SSSR count). The molecule has 0 aliphatic carbocycles. The van der Waals surface area contributed by atoms with Gasteiger partial charge in [-0.05, 0) is 31.5 Å². The molecule has 0 aliphatic heterocycles. The second kappa shape index (κ2) is 7.35. The van der Waals surface area contributed by atoms with Crippen LogP contribution < -0.4 is 10.5 Å². The summed E-state index contributed by atoms with van der Waals surface area (Å²) in [6.07, 6.45) is 0.491. The number of methoxy groups -OCH3 is 1. The summed E-state index contributed by atoms with van der Waals surface area (Å²) in [6, 6.07) is 5.06. The maximum atomic E-state index is 12.0. The van der Waals surface area contributed by atoms with Crippen molar-refractivity contribution in [3.63, 3.8) is 0 Å². The Balaban J connectivity index is 2.82. The zero-order valence-corrected chi connectivity index (χ0v) is 12.2. The van der Waals surface area contributed by atoms with Crippen molar-refractivity contribution in [1.29, 1.82) is 0 Å². The van der Waals surface area contributed by atoms with Crippen LogP contribution in [0.25, 0.3) is 0 Å². The monoisotopic (exact) mass is 287 g/mol. The highest BCUT2D eigenvalue weighted by atomic mass is 32.2. The second-order valence-electron chi connectivity index (χ2n) is 4.24. The number of nitrogen functional groups attached to an aromatic ring is 1. The predicted molar refractivity (Wildman–Crippen MR) is 76.0 cm³/mol.